The summed E-state index contributed by atoms with van der Waals surface area (Å²) in [5, 5.41) is 0. The van der Waals surface area contributed by atoms with Gasteiger partial charge in [-0.2, -0.15) is 0 Å². The van der Waals surface area contributed by atoms with E-state index < -0.39 is 24.6 Å². The van der Waals surface area contributed by atoms with Crippen molar-refractivity contribution in [1.82, 2.24) is 0 Å². The van der Waals surface area contributed by atoms with Crippen LogP contribution in [0, 0.1) is 41.5 Å². The van der Waals surface area contributed by atoms with Crippen LogP contribution in [0.4, 0.5) is 0 Å². The van der Waals surface area contributed by atoms with Crippen LogP contribution in [-0.4, -0.2) is 0 Å². The molecule has 0 fully saturated rings. The van der Waals surface area contributed by atoms with Crippen molar-refractivity contribution in [2.75, 3.05) is 0 Å². The second kappa shape index (κ2) is 57.2. The fraction of sp³-hybridized carbons (Fsp3) is 0.632. The molecule has 0 radical (unpaired) electrons. The highest BCUT2D eigenvalue weighted by Gasteiger charge is 2.59. The Balaban J connectivity index is 2.15. The average Bonchev–Trinajstić information content (AvgIpc) is 0.706. The number of hydrogen-bond donors (Lipinski definition) is 0. The number of phosphoric ester groups is 1. The van der Waals surface area contributed by atoms with Crippen molar-refractivity contribution in [3.05, 3.63) is 244 Å². The molecule has 6 aromatic rings. The highest BCUT2D eigenvalue weighted by molar-refractivity contribution is 7.48. The Hall–Kier alpha value is -5.35. The van der Waals surface area contributed by atoms with Crippen LogP contribution >= 0.6 is 7.82 Å². The van der Waals surface area contributed by atoms with Crippen LogP contribution in [0.25, 0.3) is 0 Å². The molecule has 5 heteroatoms. The number of allylic oxidation sites excluding steroid dienone is 3. The van der Waals surface area contributed by atoms with Crippen molar-refractivity contribution in [1.29, 1.82) is 0 Å². The van der Waals surface area contributed by atoms with Gasteiger partial charge in [-0.25, -0.2) is 4.57 Å². The van der Waals surface area contributed by atoms with Gasteiger partial charge in [0.1, 0.15) is 0 Å². The number of rotatable bonds is 66. The van der Waals surface area contributed by atoms with Crippen molar-refractivity contribution in [2.45, 2.75) is 469 Å². The third-order valence-electron chi connectivity index (χ3n) is 25.7. The van der Waals surface area contributed by atoms with Crippen LogP contribution in [0.15, 0.2) is 144 Å². The highest BCUT2D eigenvalue weighted by atomic mass is 31.2. The molecule has 0 bridgehead atoms. The first-order chi connectivity index (χ1) is 57.9. The number of aryl methyl sites for hydroxylation is 12. The van der Waals surface area contributed by atoms with Gasteiger partial charge in [-0.05, 0) is 260 Å². The fourth-order valence-corrected chi connectivity index (χ4v) is 21.0. The molecule has 4 nitrogen and oxygen atoms in total. The molecule has 0 N–H and O–H groups in total. The topological polar surface area (TPSA) is 44.8 Å². The zero-order valence-corrected chi connectivity index (χ0v) is 81.2. The van der Waals surface area contributed by atoms with Crippen molar-refractivity contribution < 1.29 is 18.1 Å². The molecular weight excluding hydrogens is 1460 g/mol. The van der Waals surface area contributed by atoms with Gasteiger partial charge in [0.05, 0.1) is 0 Å². The highest BCUT2D eigenvalue weighted by Crippen LogP contribution is 2.70. The molecule has 0 heterocycles. The SMILES string of the molecule is CCC/C=C(\CCCCCCCCCC)C(OP(=O)(OC(/C(=C/CCC)CCCCCCCCCC)(c1ccc(C)cc1CCCC)c1ccc(C)cc1CCCC)OC(/C(=C/CCC)CCCCCCCCCC)(c1ccc(C)cc1CCCC)c1ccc(C)cc1CCCC)(c1ccc(C)cc1CCCC)c1ccc(C)cc1CCCC. The van der Waals surface area contributed by atoms with E-state index in [1.54, 1.807) is 0 Å². The van der Waals surface area contributed by atoms with Gasteiger partial charge >= 0.3 is 7.82 Å². The van der Waals surface area contributed by atoms with E-state index in [0.29, 0.717) is 0 Å². The molecule has 0 aromatic heterocycles. The van der Waals surface area contributed by atoms with Crippen molar-refractivity contribution in [3.63, 3.8) is 0 Å². The van der Waals surface area contributed by atoms with E-state index in [1.807, 2.05) is 0 Å². The molecule has 0 saturated carbocycles. The molecule has 6 rings (SSSR count). The predicted molar refractivity (Wildman–Crippen MR) is 523 cm³/mol. The monoisotopic (exact) mass is 1640 g/mol. The van der Waals surface area contributed by atoms with Gasteiger partial charge in [0.2, 0.25) is 0 Å². The van der Waals surface area contributed by atoms with Crippen LogP contribution in [-0.2, 0) is 73.5 Å². The lowest BCUT2D eigenvalue weighted by Gasteiger charge is -2.49. The number of phosphoric acid groups is 1. The van der Waals surface area contributed by atoms with Crippen LogP contribution in [0.3, 0.4) is 0 Å². The zero-order valence-electron chi connectivity index (χ0n) is 80.3. The standard InChI is InChI=1S/C114H177O4P/c1-19-31-43-46-49-52-55-58-70-103(67-40-28-10)112(106-79-73-91(13)85-97(106)61-34-22-4,107-80-74-92(14)86-98(107)62-35-23-5)116-119(115,117-113(108-81-75-93(15)87-99(108)63-36-24-6,109-82-76-94(16)88-100(109)64-37-25-7)104(68-41-29-11)71-59-56-53-50-47-44-32-20-2)118-114(110-83-77-95(17)89-101(110)65-38-26-8,111-84-78-96(18)90-102(111)66-39-27-9)105(69-42-30-12)72-60-57-54-51-48-45-33-21-3/h67-69,73-90H,19-66,70-72H2,1-18H3/b103-67+,104-68+,105-69+. The van der Waals surface area contributed by atoms with Gasteiger partial charge in [0.15, 0.2) is 16.8 Å². The van der Waals surface area contributed by atoms with Gasteiger partial charge in [0.25, 0.3) is 0 Å². The van der Waals surface area contributed by atoms with E-state index in [4.69, 9.17) is 0 Å². The van der Waals surface area contributed by atoms with Crippen LogP contribution < -0.4 is 0 Å². The Morgan fingerprint density at radius 2 is 0.403 bits per heavy atom. The summed E-state index contributed by atoms with van der Waals surface area (Å²) < 4.78 is 50.2. The van der Waals surface area contributed by atoms with Gasteiger partial charge in [0, 0.05) is 0 Å². The molecule has 119 heavy (non-hydrogen) atoms. The van der Waals surface area contributed by atoms with Crippen molar-refractivity contribution in [2.24, 2.45) is 0 Å². The van der Waals surface area contributed by atoms with E-state index in [2.05, 4.69) is 252 Å². The summed E-state index contributed by atoms with van der Waals surface area (Å²) in [6.45, 7) is 41.8. The molecule has 0 atom stereocenters. The lowest BCUT2D eigenvalue weighted by Crippen LogP contribution is -2.42. The van der Waals surface area contributed by atoms with Gasteiger partial charge in [-0.15, -0.1) is 0 Å². The minimum absolute atomic E-state index is 0.754. The van der Waals surface area contributed by atoms with Gasteiger partial charge in [-0.1, -0.05) is 437 Å². The summed E-state index contributed by atoms with van der Waals surface area (Å²) in [5.41, 5.74) is 20.1. The van der Waals surface area contributed by atoms with E-state index in [0.717, 1.165) is 245 Å². The van der Waals surface area contributed by atoms with E-state index in [9.17, 15) is 13.6 Å². The smallest absolute Gasteiger partial charge is 0.266 e. The Labute approximate surface area is 734 Å². The van der Waals surface area contributed by atoms with Crippen LogP contribution in [0.1, 0.15) is 472 Å². The van der Waals surface area contributed by atoms with Gasteiger partial charge < -0.3 is 0 Å². The molecule has 0 saturated heterocycles. The minimum Gasteiger partial charge on any atom is -0.266 e. The number of unbranched alkanes of at least 4 members (excludes halogenated alkanes) is 30. The van der Waals surface area contributed by atoms with E-state index in [-0.39, 0.29) is 0 Å². The lowest BCUT2D eigenvalue weighted by atomic mass is 9.72. The molecular formula is C114H177O4P. The fourth-order valence-electron chi connectivity index (χ4n) is 18.9. The molecule has 0 amide bonds. The van der Waals surface area contributed by atoms with Crippen LogP contribution in [0.2, 0.25) is 0 Å². The third-order valence-corrected chi connectivity index (χ3v) is 27.2. The molecule has 0 unspecified atom stereocenters. The Morgan fingerprint density at radius 1 is 0.235 bits per heavy atom. The second-order valence-corrected chi connectivity index (χ2v) is 38.0. The maximum Gasteiger partial charge on any atom is 0.479 e. The Bertz CT molecular complexity index is 3390. The lowest BCUT2D eigenvalue weighted by molar-refractivity contribution is -0.0191. The predicted octanol–water partition coefficient (Wildman–Crippen LogP) is 36.7. The molecule has 0 spiro atoms. The first-order valence-electron chi connectivity index (χ1n) is 50.3. The molecule has 0 aliphatic carbocycles. The summed E-state index contributed by atoms with van der Waals surface area (Å²) >= 11 is 0. The number of hydrogen-bond acceptors (Lipinski definition) is 4. The van der Waals surface area contributed by atoms with Gasteiger partial charge in [-0.3, -0.25) is 13.6 Å². The largest absolute Gasteiger partial charge is 0.479 e. The van der Waals surface area contributed by atoms with E-state index >= 15 is 4.57 Å². The van der Waals surface area contributed by atoms with Crippen molar-refractivity contribution >= 4 is 7.82 Å². The Kier molecular flexibility index (Phi) is 49.3. The normalized spacial score (nSPS) is 12.8. The molecule has 0 aliphatic rings. The minimum atomic E-state index is -5.48. The van der Waals surface area contributed by atoms with Crippen molar-refractivity contribution in [3.8, 4) is 0 Å². The maximum atomic E-state index is 21.5. The molecule has 6 aromatic carbocycles. The Morgan fingerprint density at radius 3 is 0.571 bits per heavy atom. The summed E-state index contributed by atoms with van der Waals surface area (Å²) in [5.74, 6) is 0. The molecule has 0 aliphatic heterocycles. The average molecular weight is 1640 g/mol. The zero-order chi connectivity index (χ0) is 86.2. The first-order valence-corrected chi connectivity index (χ1v) is 51.7. The summed E-state index contributed by atoms with van der Waals surface area (Å²) in [6, 6.07) is 43.8. The summed E-state index contributed by atoms with van der Waals surface area (Å²) in [7, 11) is -5.48. The number of benzene rings is 6. The third kappa shape index (κ3) is 31.1. The maximum absolute atomic E-state index is 21.5. The van der Waals surface area contributed by atoms with E-state index in [1.165, 1.54) is 199 Å². The second-order valence-electron chi connectivity index (χ2n) is 36.6. The summed E-state index contributed by atoms with van der Waals surface area (Å²) in [4.78, 5) is 0. The van der Waals surface area contributed by atoms with Crippen LogP contribution in [0.5, 0.6) is 0 Å². The molecule has 662 valence electrons. The first kappa shape index (κ1) is 102. The quantitative estimate of drug-likeness (QED) is 0.0217. The summed E-state index contributed by atoms with van der Waals surface area (Å²) in [6.07, 6.45) is 61.1.